The maximum atomic E-state index is 14.1. The molecule has 3 aliphatic heterocycles. The number of likely N-dealkylation sites (N-methyl/N-ethyl adjacent to an activating group) is 1. The van der Waals surface area contributed by atoms with Crippen molar-refractivity contribution >= 4 is 47.7 Å². The van der Waals surface area contributed by atoms with Gasteiger partial charge in [0.15, 0.2) is 11.6 Å². The van der Waals surface area contributed by atoms with E-state index in [0.29, 0.717) is 23.6 Å². The fraction of sp³-hybridized carbons (Fsp3) is 0.583. The van der Waals surface area contributed by atoms with Crippen LogP contribution in [-0.2, 0) is 39.8 Å². The third kappa shape index (κ3) is 8.45. The number of nitrogens with zero attached hydrogens (tertiary/aromatic N) is 2. The molecule has 3 aliphatic rings. The molecule has 1 aromatic rings. The Morgan fingerprint density at radius 3 is 2.66 bits per heavy atom. The van der Waals surface area contributed by atoms with Gasteiger partial charge in [0.25, 0.3) is 0 Å². The van der Waals surface area contributed by atoms with Crippen molar-refractivity contribution in [3.63, 3.8) is 0 Å². The molecular weight excluding hydrogens is 686 g/mol. The number of hydrogen-bond acceptors (Lipinski definition) is 11. The first kappa shape index (κ1) is 39.6. The summed E-state index contributed by atoms with van der Waals surface area (Å²) in [5.74, 6) is -0.833. The minimum absolute atomic E-state index is 0.111. The first-order valence-electron chi connectivity index (χ1n) is 16.6. The minimum atomic E-state index is -1.57. The van der Waals surface area contributed by atoms with E-state index in [1.54, 1.807) is 27.0 Å². The Morgan fingerprint density at radius 1 is 1.32 bits per heavy atom. The van der Waals surface area contributed by atoms with Gasteiger partial charge in [-0.1, -0.05) is 42.3 Å². The zero-order chi connectivity index (χ0) is 37.1. The molecule has 0 saturated carbocycles. The van der Waals surface area contributed by atoms with Crippen LogP contribution in [0.5, 0.6) is 5.75 Å². The van der Waals surface area contributed by atoms with Crippen molar-refractivity contribution < 1.29 is 43.2 Å². The molecule has 0 aliphatic carbocycles. The van der Waals surface area contributed by atoms with Crippen molar-refractivity contribution in [2.75, 3.05) is 39.0 Å². The molecule has 0 spiro atoms. The first-order chi connectivity index (χ1) is 23.5. The largest absolute Gasteiger partial charge is 0.495 e. The molecule has 3 heterocycles. The highest BCUT2D eigenvalue weighted by molar-refractivity contribution is 7.80. The number of benzene rings is 1. The predicted molar refractivity (Wildman–Crippen MR) is 193 cm³/mol. The Bertz CT molecular complexity index is 1540. The molecule has 8 atom stereocenters. The van der Waals surface area contributed by atoms with Gasteiger partial charge in [-0.2, -0.15) is 12.6 Å². The summed E-state index contributed by atoms with van der Waals surface area (Å²) in [6, 6.07) is 2.69. The maximum absolute atomic E-state index is 14.1. The fourth-order valence-corrected chi connectivity index (χ4v) is 7.10. The summed E-state index contributed by atoms with van der Waals surface area (Å²) in [6.07, 6.45) is 3.03. The maximum Gasteiger partial charge on any atom is 0.328 e. The van der Waals surface area contributed by atoms with Crippen molar-refractivity contribution in [2.45, 2.75) is 95.2 Å². The standard InChI is InChI=1S/C36H50ClN3O9S/c1-20-11-10-12-28(46-9)36(44)19-27(47-23(4)38-36)21(2)33-35(5,49-33)29(48-34(43)22(3)39(6)30(41)13-14-50)18-31(42)40(7)25-16-24(15-20)17-26(45-8)32(25)37/h10-12,16-17,21-22,27-29,33,38,44,50H,4,13-15,18-19H2,1-3,5-9H3/b12-10+,20-11+. The molecule has 4 bridgehead atoms. The van der Waals surface area contributed by atoms with Crippen LogP contribution in [0.3, 0.4) is 0 Å². The van der Waals surface area contributed by atoms with Crippen LogP contribution in [0.15, 0.2) is 48.4 Å². The Balaban J connectivity index is 1.78. The molecule has 2 saturated heterocycles. The third-order valence-corrected chi connectivity index (χ3v) is 10.5. The fourth-order valence-electron chi connectivity index (χ4n) is 6.60. The second-order valence-electron chi connectivity index (χ2n) is 13.5. The van der Waals surface area contributed by atoms with Gasteiger partial charge in [0.2, 0.25) is 11.8 Å². The lowest BCUT2D eigenvalue weighted by molar-refractivity contribution is -0.162. The Labute approximate surface area is 305 Å². The molecule has 8 unspecified atom stereocenters. The number of thiol groups is 1. The Morgan fingerprint density at radius 2 is 2.02 bits per heavy atom. The number of nitrogens with one attached hydrogen (secondary N) is 1. The number of methoxy groups -OCH3 is 2. The number of carbonyl (C=O) groups excluding carboxylic acids is 3. The van der Waals surface area contributed by atoms with Crippen LogP contribution in [0.2, 0.25) is 5.02 Å². The van der Waals surface area contributed by atoms with E-state index in [1.165, 1.54) is 31.1 Å². The first-order valence-corrected chi connectivity index (χ1v) is 17.6. The van der Waals surface area contributed by atoms with Crippen molar-refractivity contribution in [2.24, 2.45) is 5.92 Å². The molecule has 14 heteroatoms. The number of halogens is 1. The number of allylic oxidation sites excluding steroid dienone is 3. The average Bonchev–Trinajstić information content (AvgIpc) is 3.76. The van der Waals surface area contributed by atoms with E-state index in [0.717, 1.165) is 11.1 Å². The lowest BCUT2D eigenvalue weighted by atomic mass is 9.83. The highest BCUT2D eigenvalue weighted by Gasteiger charge is 2.64. The van der Waals surface area contributed by atoms with E-state index in [1.807, 2.05) is 38.1 Å². The molecular formula is C36H50ClN3O9S. The SMILES string of the molecule is C=C1NC2(O)CC(O1)C(C)C1OC1(C)C(OC(=O)C(C)N(C)C(=O)CCS)CC(=O)N(C)c1cc(cc(OC)c1Cl)C/C(C)=C/C=C/C2OC. The lowest BCUT2D eigenvalue weighted by Crippen LogP contribution is -2.60. The normalized spacial score (nSPS) is 32.3. The highest BCUT2D eigenvalue weighted by Crippen LogP contribution is 2.49. The number of esters is 1. The highest BCUT2D eigenvalue weighted by atomic mass is 35.5. The predicted octanol–water partition coefficient (Wildman–Crippen LogP) is 4.19. The van der Waals surface area contributed by atoms with E-state index in [4.69, 9.17) is 35.3 Å². The van der Waals surface area contributed by atoms with Crippen LogP contribution < -0.4 is 15.0 Å². The number of carbonyl (C=O) groups is 3. The van der Waals surface area contributed by atoms with E-state index in [9.17, 15) is 19.5 Å². The van der Waals surface area contributed by atoms with Gasteiger partial charge < -0.3 is 43.9 Å². The van der Waals surface area contributed by atoms with E-state index in [2.05, 4.69) is 24.5 Å². The summed E-state index contributed by atoms with van der Waals surface area (Å²) >= 11 is 10.9. The van der Waals surface area contributed by atoms with Gasteiger partial charge in [-0.25, -0.2) is 4.79 Å². The second kappa shape index (κ2) is 16.0. The molecule has 1 aromatic carbocycles. The minimum Gasteiger partial charge on any atom is -0.495 e. The summed E-state index contributed by atoms with van der Waals surface area (Å²) in [5.41, 5.74) is -0.461. The van der Waals surface area contributed by atoms with Crippen molar-refractivity contribution in [3.05, 3.63) is 59.0 Å². The topological polar surface area (TPSA) is 139 Å². The zero-order valence-electron chi connectivity index (χ0n) is 30.0. The number of aliphatic hydroxyl groups is 1. The molecule has 2 fully saturated rings. The van der Waals surface area contributed by atoms with Gasteiger partial charge in [0.1, 0.15) is 40.7 Å². The van der Waals surface area contributed by atoms with E-state index < -0.39 is 53.7 Å². The van der Waals surface area contributed by atoms with Crippen LogP contribution in [0, 0.1) is 5.92 Å². The molecule has 276 valence electrons. The number of ether oxygens (including phenoxy) is 5. The zero-order valence-corrected chi connectivity index (χ0v) is 31.7. The van der Waals surface area contributed by atoms with Crippen LogP contribution in [0.1, 0.15) is 52.5 Å². The molecule has 0 radical (unpaired) electrons. The number of fused-ring (bicyclic) bond motifs is 5. The molecule has 12 nitrogen and oxygen atoms in total. The number of amides is 2. The summed E-state index contributed by atoms with van der Waals surface area (Å²) in [7, 11) is 6.13. The smallest absolute Gasteiger partial charge is 0.328 e. The summed E-state index contributed by atoms with van der Waals surface area (Å²) in [4.78, 5) is 42.9. The lowest BCUT2D eigenvalue weighted by Gasteiger charge is -2.44. The molecule has 2 amide bonds. The van der Waals surface area contributed by atoms with E-state index >= 15 is 0 Å². The third-order valence-electron chi connectivity index (χ3n) is 9.92. The van der Waals surface area contributed by atoms with Gasteiger partial charge in [0, 0.05) is 40.0 Å². The Hall–Kier alpha value is -3.23. The molecule has 0 aromatic heterocycles. The number of anilines is 1. The molecule has 4 rings (SSSR count). The van der Waals surface area contributed by atoms with E-state index in [-0.39, 0.29) is 42.0 Å². The average molecular weight is 736 g/mol. The Kier molecular flexibility index (Phi) is 12.6. The van der Waals surface area contributed by atoms with Gasteiger partial charge in [-0.15, -0.1) is 0 Å². The van der Waals surface area contributed by atoms with Gasteiger partial charge in [0.05, 0.1) is 25.3 Å². The summed E-state index contributed by atoms with van der Waals surface area (Å²) in [5, 5.41) is 15.0. The van der Waals surface area contributed by atoms with Crippen LogP contribution >= 0.6 is 24.2 Å². The summed E-state index contributed by atoms with van der Waals surface area (Å²) < 4.78 is 29.8. The van der Waals surface area contributed by atoms with Crippen LogP contribution in [0.25, 0.3) is 0 Å². The number of rotatable bonds is 7. The summed E-state index contributed by atoms with van der Waals surface area (Å²) in [6.45, 7) is 11.1. The second-order valence-corrected chi connectivity index (χ2v) is 14.3. The van der Waals surface area contributed by atoms with Crippen LogP contribution in [0.4, 0.5) is 5.69 Å². The van der Waals surface area contributed by atoms with Gasteiger partial charge in [-0.05, 0) is 57.2 Å². The molecule has 2 N–H and O–H groups in total. The molecule has 50 heavy (non-hydrogen) atoms. The number of epoxide rings is 1. The number of hydrogen-bond donors (Lipinski definition) is 3. The van der Waals surface area contributed by atoms with Crippen molar-refractivity contribution in [3.8, 4) is 5.75 Å². The van der Waals surface area contributed by atoms with Gasteiger partial charge >= 0.3 is 5.97 Å². The van der Waals surface area contributed by atoms with Gasteiger partial charge in [-0.3, -0.25) is 9.59 Å². The monoisotopic (exact) mass is 735 g/mol. The quantitative estimate of drug-likeness (QED) is 0.212. The van der Waals surface area contributed by atoms with Crippen molar-refractivity contribution in [1.29, 1.82) is 0 Å². The van der Waals surface area contributed by atoms with Crippen LogP contribution in [-0.4, -0.2) is 104 Å². The van der Waals surface area contributed by atoms with Crippen molar-refractivity contribution in [1.82, 2.24) is 10.2 Å².